The van der Waals surface area contributed by atoms with Crippen molar-refractivity contribution in [3.8, 4) is 6.07 Å². The molecule has 0 unspecified atom stereocenters. The predicted octanol–water partition coefficient (Wildman–Crippen LogP) is 1.72. The van der Waals surface area contributed by atoms with Crippen LogP contribution in [-0.2, 0) is 23.9 Å². The number of hydrogen-bond donors (Lipinski definition) is 2. The van der Waals surface area contributed by atoms with Gasteiger partial charge in [0.2, 0.25) is 11.8 Å². The highest BCUT2D eigenvalue weighted by Gasteiger charge is 2.44. The van der Waals surface area contributed by atoms with E-state index in [2.05, 4.69) is 21.4 Å². The third-order valence-corrected chi connectivity index (χ3v) is 5.75. The Hall–Kier alpha value is -3.32. The van der Waals surface area contributed by atoms with Gasteiger partial charge in [0.15, 0.2) is 0 Å². The van der Waals surface area contributed by atoms with Crippen LogP contribution in [0.4, 0.5) is 0 Å². The van der Waals surface area contributed by atoms with E-state index in [1.165, 1.54) is 19.2 Å². The van der Waals surface area contributed by atoms with E-state index in [4.69, 9.17) is 4.74 Å². The predicted molar refractivity (Wildman–Crippen MR) is 117 cm³/mol. The first-order valence-corrected chi connectivity index (χ1v) is 10.8. The molecule has 10 heteroatoms. The van der Waals surface area contributed by atoms with Crippen LogP contribution in [0.5, 0.6) is 0 Å². The highest BCUT2D eigenvalue weighted by Crippen LogP contribution is 2.40. The van der Waals surface area contributed by atoms with E-state index in [-0.39, 0.29) is 33.7 Å². The molecular formula is C22H25N3O6S. The van der Waals surface area contributed by atoms with Crippen molar-refractivity contribution in [1.29, 1.82) is 5.26 Å². The van der Waals surface area contributed by atoms with E-state index < -0.39 is 29.7 Å². The largest absolute Gasteiger partial charge is 0.468 e. The number of carbonyl (C=O) groups excluding carboxylic acids is 4. The van der Waals surface area contributed by atoms with Gasteiger partial charge in [-0.05, 0) is 23.6 Å². The quantitative estimate of drug-likeness (QED) is 0.443. The number of ether oxygens (including phenoxy) is 2. The molecule has 2 amide bonds. The monoisotopic (exact) mass is 459 g/mol. The Morgan fingerprint density at radius 3 is 2.38 bits per heavy atom. The van der Waals surface area contributed by atoms with Gasteiger partial charge in [-0.2, -0.15) is 5.26 Å². The lowest BCUT2D eigenvalue weighted by molar-refractivity contribution is -0.150. The molecule has 170 valence electrons. The van der Waals surface area contributed by atoms with Gasteiger partial charge in [0, 0.05) is 12.5 Å². The van der Waals surface area contributed by atoms with Crippen LogP contribution in [0.3, 0.4) is 0 Å². The zero-order valence-electron chi connectivity index (χ0n) is 18.3. The van der Waals surface area contributed by atoms with Crippen LogP contribution in [0, 0.1) is 23.2 Å². The molecule has 0 saturated carbocycles. The summed E-state index contributed by atoms with van der Waals surface area (Å²) in [6.45, 7) is 4.44. The fourth-order valence-electron chi connectivity index (χ4n) is 3.13. The van der Waals surface area contributed by atoms with Gasteiger partial charge in [-0.15, -0.1) is 0 Å². The fourth-order valence-corrected chi connectivity index (χ4v) is 4.01. The van der Waals surface area contributed by atoms with E-state index >= 15 is 0 Å². The second-order valence-corrected chi connectivity index (χ2v) is 8.41. The third-order valence-electron chi connectivity index (χ3n) is 4.73. The number of methoxy groups -OCH3 is 2. The van der Waals surface area contributed by atoms with Crippen LogP contribution in [-0.4, -0.2) is 50.3 Å². The lowest BCUT2D eigenvalue weighted by Gasteiger charge is -2.31. The molecule has 0 aliphatic carbocycles. The lowest BCUT2D eigenvalue weighted by atomic mass is 9.78. The maximum absolute atomic E-state index is 12.8. The molecule has 32 heavy (non-hydrogen) atoms. The minimum absolute atomic E-state index is 0.00952. The summed E-state index contributed by atoms with van der Waals surface area (Å²) in [6.07, 6.45) is 0. The van der Waals surface area contributed by atoms with Crippen LogP contribution in [0.1, 0.15) is 35.7 Å². The molecule has 0 fully saturated rings. The summed E-state index contributed by atoms with van der Waals surface area (Å²) in [6, 6.07) is 8.16. The summed E-state index contributed by atoms with van der Waals surface area (Å²) in [7, 11) is 2.42. The van der Waals surface area contributed by atoms with E-state index in [1.54, 1.807) is 12.1 Å². The fraction of sp³-hybridized carbons (Fsp3) is 0.409. The molecule has 2 N–H and O–H groups in total. The van der Waals surface area contributed by atoms with Crippen molar-refractivity contribution >= 4 is 35.5 Å². The third kappa shape index (κ3) is 5.88. The van der Waals surface area contributed by atoms with Gasteiger partial charge in [-0.1, -0.05) is 37.7 Å². The van der Waals surface area contributed by atoms with Crippen molar-refractivity contribution in [2.45, 2.75) is 19.8 Å². The number of amides is 2. The molecule has 1 aromatic carbocycles. The van der Waals surface area contributed by atoms with E-state index in [9.17, 15) is 24.4 Å². The molecule has 0 aromatic heterocycles. The summed E-state index contributed by atoms with van der Waals surface area (Å²) < 4.78 is 9.48. The van der Waals surface area contributed by atoms with Crippen molar-refractivity contribution < 1.29 is 28.7 Å². The van der Waals surface area contributed by atoms with Gasteiger partial charge in [0.25, 0.3) is 0 Å². The van der Waals surface area contributed by atoms with Gasteiger partial charge in [-0.3, -0.25) is 14.4 Å². The minimum atomic E-state index is -1.29. The van der Waals surface area contributed by atoms with Gasteiger partial charge in [0.1, 0.15) is 5.92 Å². The number of benzene rings is 1. The van der Waals surface area contributed by atoms with Gasteiger partial charge in [0.05, 0.1) is 42.2 Å². The highest BCUT2D eigenvalue weighted by atomic mass is 32.2. The summed E-state index contributed by atoms with van der Waals surface area (Å²) in [5.41, 5.74) is 0.888. The summed E-state index contributed by atoms with van der Waals surface area (Å²) in [5.74, 6) is -4.17. The topological polar surface area (TPSA) is 135 Å². The molecule has 0 saturated heterocycles. The maximum atomic E-state index is 12.8. The first-order valence-electron chi connectivity index (χ1n) is 9.84. The molecular weight excluding hydrogens is 434 g/mol. The Labute approximate surface area is 190 Å². The number of hydrogen-bond acceptors (Lipinski definition) is 8. The van der Waals surface area contributed by atoms with Crippen LogP contribution in [0.15, 0.2) is 34.9 Å². The molecule has 1 heterocycles. The molecule has 0 spiro atoms. The zero-order valence-corrected chi connectivity index (χ0v) is 19.1. The Bertz CT molecular complexity index is 965. The van der Waals surface area contributed by atoms with Gasteiger partial charge < -0.3 is 20.1 Å². The number of nitriles is 1. The van der Waals surface area contributed by atoms with Crippen molar-refractivity contribution in [3.05, 3.63) is 46.0 Å². The first kappa shape index (κ1) is 24.9. The molecule has 2 atom stereocenters. The van der Waals surface area contributed by atoms with E-state index in [0.717, 1.165) is 18.9 Å². The Kier molecular flexibility index (Phi) is 8.84. The summed E-state index contributed by atoms with van der Waals surface area (Å²) >= 11 is 1.01. The highest BCUT2D eigenvalue weighted by molar-refractivity contribution is 8.03. The van der Waals surface area contributed by atoms with E-state index in [0.29, 0.717) is 12.1 Å². The van der Waals surface area contributed by atoms with Crippen LogP contribution >= 0.6 is 11.8 Å². The smallest absolute Gasteiger partial charge is 0.337 e. The molecule has 0 bridgehead atoms. The standard InChI is InChI=1S/C22H25N3O6S/c1-12(2)10-24-16(26)11-32-20-15(9-23)17(18(19(27)25-20)22(29)31-4)13-5-7-14(8-6-13)21(28)30-3/h5-8,12,17-18H,10-11H2,1-4H3,(H,24,26)(H,25,27)/t17-,18+/m0/s1. The van der Waals surface area contributed by atoms with Gasteiger partial charge >= 0.3 is 11.9 Å². The average Bonchev–Trinajstić information content (AvgIpc) is 2.79. The first-order chi connectivity index (χ1) is 15.2. The second kappa shape index (κ2) is 11.3. The number of nitrogens with zero attached hydrogens (tertiary/aromatic N) is 1. The molecule has 0 radical (unpaired) electrons. The number of rotatable bonds is 8. The summed E-state index contributed by atoms with van der Waals surface area (Å²) in [5, 5.41) is 15.4. The van der Waals surface area contributed by atoms with E-state index in [1.807, 2.05) is 13.8 Å². The second-order valence-electron chi connectivity index (χ2n) is 7.42. The number of allylic oxidation sites excluding steroid dienone is 1. The zero-order chi connectivity index (χ0) is 23.8. The van der Waals surface area contributed by atoms with Crippen LogP contribution in [0.25, 0.3) is 0 Å². The lowest BCUT2D eigenvalue weighted by Crippen LogP contribution is -2.44. The van der Waals surface area contributed by atoms with Crippen molar-refractivity contribution in [3.63, 3.8) is 0 Å². The molecule has 2 rings (SSSR count). The summed E-state index contributed by atoms with van der Waals surface area (Å²) in [4.78, 5) is 49.0. The van der Waals surface area contributed by atoms with Crippen molar-refractivity contribution in [1.82, 2.24) is 10.6 Å². The van der Waals surface area contributed by atoms with Crippen molar-refractivity contribution in [2.24, 2.45) is 11.8 Å². The molecule has 9 nitrogen and oxygen atoms in total. The normalized spacial score (nSPS) is 17.9. The Morgan fingerprint density at radius 2 is 1.84 bits per heavy atom. The Morgan fingerprint density at radius 1 is 1.19 bits per heavy atom. The molecule has 1 aliphatic rings. The maximum Gasteiger partial charge on any atom is 0.337 e. The number of esters is 2. The number of carbonyl (C=O) groups is 4. The SMILES string of the molecule is COC(=O)c1ccc([C@H]2C(C#N)=C(SCC(=O)NCC(C)C)NC(=O)[C@@H]2C(=O)OC)cc1. The Balaban J connectivity index is 2.41. The molecule has 1 aromatic rings. The van der Waals surface area contributed by atoms with Crippen LogP contribution < -0.4 is 10.6 Å². The molecule has 1 aliphatic heterocycles. The number of nitrogens with one attached hydrogen (secondary N) is 2. The minimum Gasteiger partial charge on any atom is -0.468 e. The van der Waals surface area contributed by atoms with Gasteiger partial charge in [-0.25, -0.2) is 4.79 Å². The average molecular weight is 460 g/mol. The van der Waals surface area contributed by atoms with Crippen molar-refractivity contribution in [2.75, 3.05) is 26.5 Å². The number of thioether (sulfide) groups is 1. The van der Waals surface area contributed by atoms with Crippen LogP contribution in [0.2, 0.25) is 0 Å².